The van der Waals surface area contributed by atoms with Crippen molar-refractivity contribution in [1.29, 1.82) is 0 Å². The van der Waals surface area contributed by atoms with Crippen molar-refractivity contribution in [2.45, 2.75) is 0 Å². The minimum Gasteiger partial charge on any atom is -0.456 e. The van der Waals surface area contributed by atoms with Gasteiger partial charge < -0.3 is 13.3 Å². The number of hydrogen-bond donors (Lipinski definition) is 0. The summed E-state index contributed by atoms with van der Waals surface area (Å²) in [5.74, 6) is 2.29. The van der Waals surface area contributed by atoms with Crippen LogP contribution in [0.4, 0.5) is 0 Å². The molecule has 12 rings (SSSR count). The monoisotopic (exact) mass is 732 g/mol. The number of furan rings is 2. The topological polar surface area (TPSA) is 91.0 Å². The van der Waals surface area contributed by atoms with Gasteiger partial charge in [0.05, 0.1) is 5.39 Å². The number of aromatic nitrogens is 4. The van der Waals surface area contributed by atoms with E-state index < -0.39 is 0 Å². The zero-order chi connectivity index (χ0) is 37.5. The Hall–Kier alpha value is -7.90. The van der Waals surface area contributed by atoms with Crippen LogP contribution in [0.25, 0.3) is 122 Å². The Morgan fingerprint density at radius 1 is 0.333 bits per heavy atom. The van der Waals surface area contributed by atoms with E-state index in [0.29, 0.717) is 28.9 Å². The highest BCUT2D eigenvalue weighted by Gasteiger charge is 2.20. The second kappa shape index (κ2) is 12.3. The maximum absolute atomic E-state index is 6.50. The van der Waals surface area contributed by atoms with Crippen molar-refractivity contribution in [1.82, 2.24) is 19.9 Å². The van der Waals surface area contributed by atoms with Crippen LogP contribution in [0.1, 0.15) is 0 Å². The lowest BCUT2D eigenvalue weighted by Crippen LogP contribution is -2.00. The molecule has 0 spiro atoms. The number of para-hydroxylation sites is 2. The first-order valence-electron chi connectivity index (χ1n) is 18.8. The number of benzene rings is 8. The molecule has 4 aromatic heterocycles. The summed E-state index contributed by atoms with van der Waals surface area (Å²) in [5, 5.41) is 6.07. The van der Waals surface area contributed by atoms with Gasteiger partial charge in [0.2, 0.25) is 5.89 Å². The molecule has 12 aromatic rings. The van der Waals surface area contributed by atoms with Crippen LogP contribution in [0.3, 0.4) is 0 Å². The van der Waals surface area contributed by atoms with Gasteiger partial charge in [-0.2, -0.15) is 0 Å². The number of fused-ring (bicyclic) bond motifs is 10. The molecule has 0 bridgehead atoms. The third-order valence-corrected chi connectivity index (χ3v) is 10.8. The van der Waals surface area contributed by atoms with Gasteiger partial charge >= 0.3 is 0 Å². The van der Waals surface area contributed by atoms with Gasteiger partial charge in [-0.25, -0.2) is 19.9 Å². The summed E-state index contributed by atoms with van der Waals surface area (Å²) in [7, 11) is 0. The summed E-state index contributed by atoms with van der Waals surface area (Å²) < 4.78 is 19.3. The predicted molar refractivity (Wildman–Crippen MR) is 227 cm³/mol. The molecule has 0 aliphatic heterocycles. The van der Waals surface area contributed by atoms with Crippen LogP contribution >= 0.6 is 0 Å². The van der Waals surface area contributed by atoms with E-state index in [2.05, 4.69) is 60.7 Å². The molecule has 0 amide bonds. The fourth-order valence-electron chi connectivity index (χ4n) is 8.05. The quantitative estimate of drug-likeness (QED) is 0.174. The zero-order valence-corrected chi connectivity index (χ0v) is 30.2. The summed E-state index contributed by atoms with van der Waals surface area (Å²) >= 11 is 0. The highest BCUT2D eigenvalue weighted by molar-refractivity contribution is 6.25. The number of rotatable bonds is 5. The third kappa shape index (κ3) is 5.06. The van der Waals surface area contributed by atoms with Gasteiger partial charge in [-0.15, -0.1) is 0 Å². The molecule has 0 aliphatic rings. The maximum atomic E-state index is 6.50. The summed E-state index contributed by atoms with van der Waals surface area (Å²) in [4.78, 5) is 20.1. The van der Waals surface area contributed by atoms with E-state index >= 15 is 0 Å². The Morgan fingerprint density at radius 2 is 0.965 bits per heavy atom. The van der Waals surface area contributed by atoms with Gasteiger partial charge in [-0.3, -0.25) is 0 Å². The molecule has 7 nitrogen and oxygen atoms in total. The summed E-state index contributed by atoms with van der Waals surface area (Å²) in [6.07, 6.45) is 0. The van der Waals surface area contributed by atoms with Crippen LogP contribution in [0.5, 0.6) is 0 Å². The van der Waals surface area contributed by atoms with Gasteiger partial charge in [0.15, 0.2) is 23.1 Å². The lowest BCUT2D eigenvalue weighted by molar-refractivity contribution is 0.622. The lowest BCUT2D eigenvalue weighted by atomic mass is 10.00. The molecular weight excluding hydrogens is 705 g/mol. The van der Waals surface area contributed by atoms with Crippen LogP contribution in [-0.4, -0.2) is 19.9 Å². The van der Waals surface area contributed by atoms with E-state index in [9.17, 15) is 0 Å². The average molecular weight is 733 g/mol. The molecule has 57 heavy (non-hydrogen) atoms. The van der Waals surface area contributed by atoms with E-state index in [0.717, 1.165) is 93.5 Å². The van der Waals surface area contributed by atoms with Crippen molar-refractivity contribution in [3.63, 3.8) is 0 Å². The largest absolute Gasteiger partial charge is 0.456 e. The van der Waals surface area contributed by atoms with Gasteiger partial charge in [-0.1, -0.05) is 121 Å². The Morgan fingerprint density at radius 3 is 1.81 bits per heavy atom. The van der Waals surface area contributed by atoms with E-state index in [1.54, 1.807) is 0 Å². The fourth-order valence-corrected chi connectivity index (χ4v) is 8.05. The van der Waals surface area contributed by atoms with E-state index in [-0.39, 0.29) is 0 Å². The predicted octanol–water partition coefficient (Wildman–Crippen LogP) is 13.3. The molecule has 0 unspecified atom stereocenters. The smallest absolute Gasteiger partial charge is 0.227 e. The molecule has 4 heterocycles. The van der Waals surface area contributed by atoms with Crippen LogP contribution in [0.2, 0.25) is 0 Å². The van der Waals surface area contributed by atoms with Crippen molar-refractivity contribution in [2.75, 3.05) is 0 Å². The highest BCUT2D eigenvalue weighted by Crippen LogP contribution is 2.42. The Bertz CT molecular complexity index is 3530. The van der Waals surface area contributed by atoms with Crippen LogP contribution in [0.15, 0.2) is 183 Å². The Kier molecular flexibility index (Phi) is 6.79. The molecular formula is C50H28N4O3. The summed E-state index contributed by atoms with van der Waals surface area (Å²) in [5.41, 5.74) is 10.2. The molecule has 0 atom stereocenters. The minimum atomic E-state index is 0.562. The van der Waals surface area contributed by atoms with Crippen molar-refractivity contribution in [3.8, 4) is 56.7 Å². The molecule has 266 valence electrons. The molecule has 7 heteroatoms. The Labute approximate surface area is 324 Å². The second-order valence-electron chi connectivity index (χ2n) is 14.2. The maximum Gasteiger partial charge on any atom is 0.227 e. The standard InChI is InChI=1S/C50H28N4O3/c1-3-11-30(12-4-1)47-52-48(33-16-9-15-32(27-33)35-18-10-19-37-36-17-7-8-20-40(36)56-45(35)37)54-49(53-47)34-22-21-29-23-25-41-43(38(29)28-34)44-42(55-41)26-24-39-46(44)57-50(51-39)31-13-5-2-6-14-31/h1-28H. The minimum absolute atomic E-state index is 0.562. The van der Waals surface area contributed by atoms with Crippen LogP contribution < -0.4 is 0 Å². The summed E-state index contributed by atoms with van der Waals surface area (Å²) in [6, 6.07) is 57.1. The van der Waals surface area contributed by atoms with Gasteiger partial charge in [0, 0.05) is 44.0 Å². The molecule has 8 aromatic carbocycles. The third-order valence-electron chi connectivity index (χ3n) is 10.8. The Balaban J connectivity index is 1.04. The number of hydrogen-bond acceptors (Lipinski definition) is 7. The lowest BCUT2D eigenvalue weighted by Gasteiger charge is -2.10. The normalized spacial score (nSPS) is 11.9. The van der Waals surface area contributed by atoms with Gasteiger partial charge in [-0.05, 0) is 64.9 Å². The molecule has 0 aliphatic carbocycles. The van der Waals surface area contributed by atoms with Gasteiger partial charge in [0.25, 0.3) is 0 Å². The molecule has 0 radical (unpaired) electrons. The number of oxazole rings is 1. The number of nitrogens with zero attached hydrogens (tertiary/aromatic N) is 4. The first kappa shape index (κ1) is 31.5. The van der Waals surface area contributed by atoms with E-state index in [1.165, 1.54) is 0 Å². The zero-order valence-electron chi connectivity index (χ0n) is 30.2. The van der Waals surface area contributed by atoms with Crippen molar-refractivity contribution in [2.24, 2.45) is 0 Å². The highest BCUT2D eigenvalue weighted by atomic mass is 16.4. The SMILES string of the molecule is c1ccc(-c2nc(-c3cccc(-c4cccc5c4oc4ccccc45)c3)nc(-c3ccc4ccc5oc6ccc7nc(-c8ccccc8)oc7c6c5c4c3)n2)cc1. The summed E-state index contributed by atoms with van der Waals surface area (Å²) in [6.45, 7) is 0. The second-order valence-corrected chi connectivity index (χ2v) is 14.2. The molecule has 0 saturated heterocycles. The van der Waals surface area contributed by atoms with E-state index in [4.69, 9.17) is 33.2 Å². The first-order chi connectivity index (χ1) is 28.2. The molecule has 0 saturated carbocycles. The van der Waals surface area contributed by atoms with Crippen molar-refractivity contribution < 1.29 is 13.3 Å². The fraction of sp³-hybridized carbons (Fsp3) is 0. The molecule has 0 N–H and O–H groups in total. The molecule has 0 fully saturated rings. The van der Waals surface area contributed by atoms with Crippen LogP contribution in [-0.2, 0) is 0 Å². The average Bonchev–Trinajstić information content (AvgIpc) is 4.00. The van der Waals surface area contributed by atoms with Crippen molar-refractivity contribution in [3.05, 3.63) is 170 Å². The van der Waals surface area contributed by atoms with Crippen molar-refractivity contribution >= 4 is 65.7 Å². The van der Waals surface area contributed by atoms with Gasteiger partial charge in [0.1, 0.15) is 27.8 Å². The van der Waals surface area contributed by atoms with E-state index in [1.807, 2.05) is 109 Å². The van der Waals surface area contributed by atoms with Crippen LogP contribution in [0, 0.1) is 0 Å². The first-order valence-corrected chi connectivity index (χ1v) is 18.8.